The van der Waals surface area contributed by atoms with Crippen molar-refractivity contribution in [2.45, 2.75) is 6.92 Å². The fourth-order valence-corrected chi connectivity index (χ4v) is 2.92. The van der Waals surface area contributed by atoms with Crippen LogP contribution in [-0.4, -0.2) is 0 Å². The summed E-state index contributed by atoms with van der Waals surface area (Å²) < 4.78 is 0. The van der Waals surface area contributed by atoms with Gasteiger partial charge in [0, 0.05) is 0 Å². The molecule has 0 nitrogen and oxygen atoms in total. The molecule has 3 aromatic rings. The first-order valence-corrected chi connectivity index (χ1v) is 6.47. The fourth-order valence-electron chi connectivity index (χ4n) is 2.92. The highest BCUT2D eigenvalue weighted by Gasteiger charge is 2.11. The predicted octanol–water partition coefficient (Wildman–Crippen LogP) is 5.59. The van der Waals surface area contributed by atoms with Crippen LogP contribution in [-0.2, 0) is 0 Å². The van der Waals surface area contributed by atoms with Crippen LogP contribution in [0.4, 0.5) is 0 Å². The summed E-state index contributed by atoms with van der Waals surface area (Å²) in [7, 11) is 0. The molecule has 0 aliphatic carbocycles. The third kappa shape index (κ3) is 1.61. The molecule has 0 N–H and O–H groups in total. The van der Waals surface area contributed by atoms with E-state index in [1.54, 1.807) is 0 Å². The molecule has 0 bridgehead atoms. The highest BCUT2D eigenvalue weighted by atomic mass is 14.1. The second-order valence-corrected chi connectivity index (χ2v) is 4.78. The Labute approximate surface area is 113 Å². The summed E-state index contributed by atoms with van der Waals surface area (Å²) in [5.74, 6) is 0. The van der Waals surface area contributed by atoms with Gasteiger partial charge in [-0.2, -0.15) is 0 Å². The van der Waals surface area contributed by atoms with Crippen LogP contribution in [0.25, 0.3) is 33.7 Å². The van der Waals surface area contributed by atoms with E-state index >= 15 is 0 Å². The smallest absolute Gasteiger partial charge is 0.00697 e. The Morgan fingerprint density at radius 1 is 0.737 bits per heavy atom. The summed E-state index contributed by atoms with van der Waals surface area (Å²) in [4.78, 5) is 0. The average molecular weight is 244 g/mol. The Balaban J connectivity index is 2.73. The summed E-state index contributed by atoms with van der Waals surface area (Å²) in [6.45, 7) is 10.1. The standard InChI is InChI=1S/C19H16/c1-4-14-15(5-2)17-12-8-9-13(3)19(17)18-11-7-6-10-16(14)18/h4-12H,1-2H2,3H3. The van der Waals surface area contributed by atoms with Crippen LogP contribution in [0.3, 0.4) is 0 Å². The highest BCUT2D eigenvalue weighted by molar-refractivity contribution is 6.15. The Bertz CT molecular complexity index is 807. The Hall–Kier alpha value is -2.34. The van der Waals surface area contributed by atoms with Crippen molar-refractivity contribution in [1.29, 1.82) is 0 Å². The minimum atomic E-state index is 1.17. The van der Waals surface area contributed by atoms with Crippen molar-refractivity contribution in [2.24, 2.45) is 0 Å². The zero-order chi connectivity index (χ0) is 13.4. The summed E-state index contributed by atoms with van der Waals surface area (Å²) in [6.07, 6.45) is 3.87. The van der Waals surface area contributed by atoms with Gasteiger partial charge in [-0.3, -0.25) is 0 Å². The zero-order valence-corrected chi connectivity index (χ0v) is 11.1. The largest absolute Gasteiger partial charge is 0.0984 e. The van der Waals surface area contributed by atoms with Gasteiger partial charge in [0.1, 0.15) is 0 Å². The monoisotopic (exact) mass is 244 g/mol. The molecule has 19 heavy (non-hydrogen) atoms. The lowest BCUT2D eigenvalue weighted by molar-refractivity contribution is 1.54. The van der Waals surface area contributed by atoms with Gasteiger partial charge in [0.15, 0.2) is 0 Å². The lowest BCUT2D eigenvalue weighted by Crippen LogP contribution is -1.90. The first-order valence-electron chi connectivity index (χ1n) is 6.47. The van der Waals surface area contributed by atoms with E-state index in [0.29, 0.717) is 0 Å². The van der Waals surface area contributed by atoms with E-state index in [0.717, 1.165) is 0 Å². The summed E-state index contributed by atoms with van der Waals surface area (Å²) in [5, 5.41) is 5.10. The van der Waals surface area contributed by atoms with Gasteiger partial charge in [-0.05, 0) is 45.2 Å². The van der Waals surface area contributed by atoms with Crippen LogP contribution in [0.15, 0.2) is 55.6 Å². The van der Waals surface area contributed by atoms with E-state index in [9.17, 15) is 0 Å². The second-order valence-electron chi connectivity index (χ2n) is 4.78. The van der Waals surface area contributed by atoms with Crippen LogP contribution in [0, 0.1) is 6.92 Å². The topological polar surface area (TPSA) is 0 Å². The molecule has 0 fully saturated rings. The normalized spacial score (nSPS) is 10.8. The SMILES string of the molecule is C=Cc1c(C=C)c2cccc(C)c2c2ccccc12. The molecule has 0 aliphatic heterocycles. The molecule has 0 aliphatic rings. The molecule has 3 rings (SSSR count). The maximum atomic E-state index is 3.98. The van der Waals surface area contributed by atoms with Crippen molar-refractivity contribution in [3.63, 3.8) is 0 Å². The van der Waals surface area contributed by atoms with Crippen molar-refractivity contribution in [1.82, 2.24) is 0 Å². The lowest BCUT2D eigenvalue weighted by Gasteiger charge is -2.14. The van der Waals surface area contributed by atoms with Gasteiger partial charge >= 0.3 is 0 Å². The van der Waals surface area contributed by atoms with Crippen LogP contribution in [0.1, 0.15) is 16.7 Å². The van der Waals surface area contributed by atoms with E-state index in [1.165, 1.54) is 38.2 Å². The van der Waals surface area contributed by atoms with Crippen molar-refractivity contribution >= 4 is 33.7 Å². The van der Waals surface area contributed by atoms with Crippen molar-refractivity contribution in [3.05, 3.63) is 72.3 Å². The van der Waals surface area contributed by atoms with Crippen LogP contribution >= 0.6 is 0 Å². The van der Waals surface area contributed by atoms with Gasteiger partial charge in [-0.1, -0.05) is 67.8 Å². The van der Waals surface area contributed by atoms with E-state index in [2.05, 4.69) is 62.5 Å². The molecule has 0 spiro atoms. The number of hydrogen-bond acceptors (Lipinski definition) is 0. The van der Waals surface area contributed by atoms with Gasteiger partial charge in [-0.15, -0.1) is 0 Å². The first-order chi connectivity index (χ1) is 9.27. The fraction of sp³-hybridized carbons (Fsp3) is 0.0526. The molecule has 0 radical (unpaired) electrons. The van der Waals surface area contributed by atoms with Crippen LogP contribution in [0.5, 0.6) is 0 Å². The molecule has 0 saturated heterocycles. The Morgan fingerprint density at radius 3 is 2.00 bits per heavy atom. The van der Waals surface area contributed by atoms with E-state index in [4.69, 9.17) is 0 Å². The minimum Gasteiger partial charge on any atom is -0.0984 e. The van der Waals surface area contributed by atoms with E-state index in [1.807, 2.05) is 12.2 Å². The zero-order valence-electron chi connectivity index (χ0n) is 11.1. The first kappa shape index (κ1) is 11.7. The van der Waals surface area contributed by atoms with Gasteiger partial charge < -0.3 is 0 Å². The summed E-state index contributed by atoms with van der Waals surface area (Å²) in [6, 6.07) is 14.9. The number of rotatable bonds is 2. The second kappa shape index (κ2) is 4.40. The summed E-state index contributed by atoms with van der Waals surface area (Å²) >= 11 is 0. The maximum absolute atomic E-state index is 3.98. The third-order valence-corrected chi connectivity index (χ3v) is 3.75. The number of aryl methyl sites for hydroxylation is 1. The quantitative estimate of drug-likeness (QED) is 0.516. The van der Waals surface area contributed by atoms with Crippen molar-refractivity contribution in [3.8, 4) is 0 Å². The van der Waals surface area contributed by atoms with Gasteiger partial charge in [0.25, 0.3) is 0 Å². The molecule has 0 atom stereocenters. The Morgan fingerprint density at radius 2 is 1.32 bits per heavy atom. The molecule has 3 aromatic carbocycles. The summed E-state index contributed by atoms with van der Waals surface area (Å²) in [5.41, 5.74) is 3.64. The molecular weight excluding hydrogens is 228 g/mol. The van der Waals surface area contributed by atoms with Crippen molar-refractivity contribution in [2.75, 3.05) is 0 Å². The van der Waals surface area contributed by atoms with Crippen LogP contribution in [0.2, 0.25) is 0 Å². The lowest BCUT2D eigenvalue weighted by atomic mass is 9.90. The molecule has 0 saturated carbocycles. The molecular formula is C19H16. The molecule has 0 aromatic heterocycles. The van der Waals surface area contributed by atoms with Gasteiger partial charge in [-0.25, -0.2) is 0 Å². The molecule has 0 heteroatoms. The van der Waals surface area contributed by atoms with E-state index in [-0.39, 0.29) is 0 Å². The minimum absolute atomic E-state index is 1.17. The van der Waals surface area contributed by atoms with E-state index < -0.39 is 0 Å². The Kier molecular flexibility index (Phi) is 2.72. The highest BCUT2D eigenvalue weighted by Crippen LogP contribution is 2.35. The maximum Gasteiger partial charge on any atom is -0.00697 e. The number of hydrogen-bond donors (Lipinski definition) is 0. The molecule has 92 valence electrons. The third-order valence-electron chi connectivity index (χ3n) is 3.75. The van der Waals surface area contributed by atoms with Gasteiger partial charge in [0.05, 0.1) is 0 Å². The van der Waals surface area contributed by atoms with Crippen molar-refractivity contribution < 1.29 is 0 Å². The number of benzene rings is 3. The average Bonchev–Trinajstić information content (AvgIpc) is 2.45. The molecule has 0 unspecified atom stereocenters. The molecule has 0 heterocycles. The molecule has 0 amide bonds. The van der Waals surface area contributed by atoms with Crippen LogP contribution < -0.4 is 0 Å². The number of fused-ring (bicyclic) bond motifs is 3. The van der Waals surface area contributed by atoms with Gasteiger partial charge in [0.2, 0.25) is 0 Å². The predicted molar refractivity (Wildman–Crippen MR) is 86.4 cm³/mol.